The number of benzene rings is 1. The molecule has 0 atom stereocenters. The number of esters is 1. The highest BCUT2D eigenvalue weighted by molar-refractivity contribution is 6.08. The van der Waals surface area contributed by atoms with Gasteiger partial charge in [0.25, 0.3) is 5.69 Å². The Labute approximate surface area is 151 Å². The normalized spacial score (nSPS) is 10.5. The van der Waals surface area contributed by atoms with Crippen molar-refractivity contribution in [3.63, 3.8) is 0 Å². The second-order valence-electron chi connectivity index (χ2n) is 5.84. The van der Waals surface area contributed by atoms with Gasteiger partial charge in [-0.3, -0.25) is 19.7 Å². The molecule has 0 spiro atoms. The molecule has 0 fully saturated rings. The number of ether oxygens (including phenoxy) is 1. The number of non-ortho nitro benzene ring substituents is 1. The number of carbonyl (C=O) groups is 2. The van der Waals surface area contributed by atoms with Gasteiger partial charge in [-0.1, -0.05) is 6.92 Å². The number of ketones is 1. The molecule has 2 aromatic rings. The van der Waals surface area contributed by atoms with E-state index in [0.717, 1.165) is 11.3 Å². The van der Waals surface area contributed by atoms with E-state index in [9.17, 15) is 19.7 Å². The van der Waals surface area contributed by atoms with Gasteiger partial charge in [-0.2, -0.15) is 0 Å². The number of aromatic nitrogens is 1. The highest BCUT2D eigenvalue weighted by atomic mass is 16.6. The van der Waals surface area contributed by atoms with Gasteiger partial charge in [0.15, 0.2) is 0 Å². The van der Waals surface area contributed by atoms with Crippen LogP contribution in [0.1, 0.15) is 54.0 Å². The lowest BCUT2D eigenvalue weighted by atomic mass is 10.0. The molecule has 0 saturated heterocycles. The third kappa shape index (κ3) is 4.78. The summed E-state index contributed by atoms with van der Waals surface area (Å²) in [5, 5.41) is 10.7. The number of aryl methyl sites for hydroxylation is 2. The minimum absolute atomic E-state index is 0.0524. The third-order valence-electron chi connectivity index (χ3n) is 4.04. The third-order valence-corrected chi connectivity index (χ3v) is 4.04. The monoisotopic (exact) mass is 358 g/mol. The fourth-order valence-electron chi connectivity index (χ4n) is 2.71. The molecule has 26 heavy (non-hydrogen) atoms. The highest BCUT2D eigenvalue weighted by Gasteiger charge is 2.17. The molecule has 138 valence electrons. The van der Waals surface area contributed by atoms with E-state index in [2.05, 4.69) is 4.98 Å². The van der Waals surface area contributed by atoms with Crippen molar-refractivity contribution < 1.29 is 19.2 Å². The number of nitrogens with one attached hydrogen (secondary N) is 1. The number of aromatic amines is 1. The van der Waals surface area contributed by atoms with Gasteiger partial charge < -0.3 is 9.72 Å². The molecular formula is C19H22N2O5. The predicted molar refractivity (Wildman–Crippen MR) is 96.3 cm³/mol. The fourth-order valence-corrected chi connectivity index (χ4v) is 2.71. The molecule has 0 aliphatic rings. The topological polar surface area (TPSA) is 102 Å². The summed E-state index contributed by atoms with van der Waals surface area (Å²) in [6, 6.07) is 7.50. The number of nitro groups is 1. The van der Waals surface area contributed by atoms with E-state index < -0.39 is 4.92 Å². The number of H-pyrrole nitrogens is 1. The summed E-state index contributed by atoms with van der Waals surface area (Å²) in [7, 11) is 0. The van der Waals surface area contributed by atoms with E-state index >= 15 is 0 Å². The molecule has 0 aliphatic carbocycles. The van der Waals surface area contributed by atoms with Crippen LogP contribution in [0.4, 0.5) is 5.69 Å². The van der Waals surface area contributed by atoms with Crippen molar-refractivity contribution in [2.24, 2.45) is 0 Å². The van der Waals surface area contributed by atoms with Gasteiger partial charge in [-0.25, -0.2) is 0 Å². The number of nitrogens with zero attached hydrogens (tertiary/aromatic N) is 1. The Morgan fingerprint density at radius 2 is 1.88 bits per heavy atom. The van der Waals surface area contributed by atoms with Gasteiger partial charge >= 0.3 is 5.97 Å². The predicted octanol–water partition coefficient (Wildman–Crippen LogP) is 3.60. The first-order valence-corrected chi connectivity index (χ1v) is 8.61. The molecule has 1 N–H and O–H groups in total. The standard InChI is InChI=1S/C19H22N2O5/c1-3-13-12-15(6-5-7-17(22)26-4-2)20-18(13)19(23)14-8-10-16(11-9-14)21(24)25/h8-12,20H,3-7H2,1-2H3. The lowest BCUT2D eigenvalue weighted by Gasteiger charge is -2.02. The second-order valence-corrected chi connectivity index (χ2v) is 5.84. The van der Waals surface area contributed by atoms with Crippen molar-refractivity contribution in [3.8, 4) is 0 Å². The van der Waals surface area contributed by atoms with Crippen LogP contribution in [0, 0.1) is 10.1 Å². The summed E-state index contributed by atoms with van der Waals surface area (Å²) in [6.07, 6.45) is 2.29. The molecular weight excluding hydrogens is 336 g/mol. The summed E-state index contributed by atoms with van der Waals surface area (Å²) in [4.78, 5) is 37.5. The van der Waals surface area contributed by atoms with Crippen molar-refractivity contribution >= 4 is 17.4 Å². The Morgan fingerprint density at radius 1 is 1.19 bits per heavy atom. The highest BCUT2D eigenvalue weighted by Crippen LogP contribution is 2.20. The molecule has 2 rings (SSSR count). The zero-order valence-corrected chi connectivity index (χ0v) is 14.9. The smallest absolute Gasteiger partial charge is 0.305 e. The van der Waals surface area contributed by atoms with Crippen LogP contribution < -0.4 is 0 Å². The summed E-state index contributed by atoms with van der Waals surface area (Å²) in [5.74, 6) is -0.426. The zero-order chi connectivity index (χ0) is 19.1. The van der Waals surface area contributed by atoms with Gasteiger partial charge in [0, 0.05) is 29.8 Å². The molecule has 0 bridgehead atoms. The van der Waals surface area contributed by atoms with Crippen molar-refractivity contribution in [1.29, 1.82) is 0 Å². The van der Waals surface area contributed by atoms with E-state index in [1.807, 2.05) is 13.0 Å². The summed E-state index contributed by atoms with van der Waals surface area (Å²) >= 11 is 0. The van der Waals surface area contributed by atoms with E-state index in [-0.39, 0.29) is 17.4 Å². The maximum absolute atomic E-state index is 12.7. The Balaban J connectivity index is 2.10. The number of hydrogen-bond donors (Lipinski definition) is 1. The van der Waals surface area contributed by atoms with Crippen molar-refractivity contribution in [2.45, 2.75) is 39.5 Å². The molecule has 1 heterocycles. The van der Waals surface area contributed by atoms with Crippen LogP contribution in [0.15, 0.2) is 30.3 Å². The van der Waals surface area contributed by atoms with E-state index in [0.29, 0.717) is 43.5 Å². The largest absolute Gasteiger partial charge is 0.466 e. The van der Waals surface area contributed by atoms with Crippen LogP contribution >= 0.6 is 0 Å². The first-order valence-electron chi connectivity index (χ1n) is 8.61. The lowest BCUT2D eigenvalue weighted by molar-refractivity contribution is -0.384. The molecule has 0 radical (unpaired) electrons. The fraction of sp³-hybridized carbons (Fsp3) is 0.368. The van der Waals surface area contributed by atoms with Crippen LogP contribution in [-0.4, -0.2) is 28.3 Å². The quantitative estimate of drug-likeness (QED) is 0.319. The van der Waals surface area contributed by atoms with Crippen LogP contribution in [0.2, 0.25) is 0 Å². The molecule has 1 aromatic heterocycles. The Kier molecular flexibility index (Phi) is 6.66. The number of hydrogen-bond acceptors (Lipinski definition) is 5. The van der Waals surface area contributed by atoms with Gasteiger partial charge in [-0.15, -0.1) is 0 Å². The van der Waals surface area contributed by atoms with Gasteiger partial charge in [0.2, 0.25) is 5.78 Å². The molecule has 1 aromatic carbocycles. The van der Waals surface area contributed by atoms with Crippen LogP contribution in [0.25, 0.3) is 0 Å². The second kappa shape index (κ2) is 8.94. The lowest BCUT2D eigenvalue weighted by Crippen LogP contribution is -2.05. The van der Waals surface area contributed by atoms with Gasteiger partial charge in [0.05, 0.1) is 17.2 Å². The van der Waals surface area contributed by atoms with Crippen LogP contribution in [-0.2, 0) is 22.4 Å². The van der Waals surface area contributed by atoms with Crippen molar-refractivity contribution in [3.05, 3.63) is 63.0 Å². The summed E-state index contributed by atoms with van der Waals surface area (Å²) in [5.41, 5.74) is 2.61. The van der Waals surface area contributed by atoms with Crippen molar-refractivity contribution in [2.75, 3.05) is 6.61 Å². The van der Waals surface area contributed by atoms with E-state index in [1.54, 1.807) is 6.92 Å². The first-order chi connectivity index (χ1) is 12.5. The average Bonchev–Trinajstić information content (AvgIpc) is 3.04. The van der Waals surface area contributed by atoms with E-state index in [4.69, 9.17) is 4.74 Å². The van der Waals surface area contributed by atoms with Crippen LogP contribution in [0.3, 0.4) is 0 Å². The van der Waals surface area contributed by atoms with Gasteiger partial charge in [-0.05, 0) is 49.9 Å². The number of rotatable bonds is 9. The maximum Gasteiger partial charge on any atom is 0.305 e. The summed E-state index contributed by atoms with van der Waals surface area (Å²) in [6.45, 7) is 4.10. The van der Waals surface area contributed by atoms with Gasteiger partial charge in [0.1, 0.15) is 0 Å². The van der Waals surface area contributed by atoms with Crippen LogP contribution in [0.5, 0.6) is 0 Å². The zero-order valence-electron chi connectivity index (χ0n) is 14.9. The molecule has 0 saturated carbocycles. The molecule has 0 unspecified atom stereocenters. The molecule has 0 aliphatic heterocycles. The molecule has 0 amide bonds. The summed E-state index contributed by atoms with van der Waals surface area (Å²) < 4.78 is 4.90. The van der Waals surface area contributed by atoms with Crippen molar-refractivity contribution in [1.82, 2.24) is 4.98 Å². The minimum Gasteiger partial charge on any atom is -0.466 e. The Hall–Kier alpha value is -2.96. The number of carbonyl (C=O) groups excluding carboxylic acids is 2. The first kappa shape index (κ1) is 19.4. The number of nitro benzene ring substituents is 1. The SMILES string of the molecule is CCOC(=O)CCCc1cc(CC)c(C(=O)c2ccc([N+](=O)[O-])cc2)[nH]1. The molecule has 7 nitrogen and oxygen atoms in total. The van der Waals surface area contributed by atoms with E-state index in [1.165, 1.54) is 24.3 Å². The Morgan fingerprint density at radius 3 is 2.46 bits per heavy atom. The maximum atomic E-state index is 12.7. The molecule has 7 heteroatoms. The minimum atomic E-state index is -0.498. The average molecular weight is 358 g/mol. The Bertz CT molecular complexity index is 793.